The standard InChI is InChI=1S/C23H27NO5/c1-4-17-6-8-18(9-7-17)16(3)24-22(26)14-29-23(27)15-28-20-12-10-19(11-13-20)21(25)5-2/h6-13,16H,4-5,14-15H2,1-3H3,(H,24,26)/t16-/m0/s1. The van der Waals surface area contributed by atoms with Gasteiger partial charge in [-0.2, -0.15) is 0 Å². The van der Waals surface area contributed by atoms with Crippen LogP contribution in [0.1, 0.15) is 54.7 Å². The fourth-order valence-corrected chi connectivity index (χ4v) is 2.68. The molecule has 0 aliphatic heterocycles. The first kappa shape index (κ1) is 22.1. The molecule has 1 amide bonds. The normalized spacial score (nSPS) is 11.4. The van der Waals surface area contributed by atoms with Gasteiger partial charge in [0.1, 0.15) is 5.75 Å². The number of Topliss-reactive ketones (excluding diaryl/α,β-unsaturated/α-hetero) is 1. The van der Waals surface area contributed by atoms with E-state index in [1.54, 1.807) is 31.2 Å². The van der Waals surface area contributed by atoms with Crippen molar-refractivity contribution in [2.45, 2.75) is 39.7 Å². The van der Waals surface area contributed by atoms with E-state index in [1.807, 2.05) is 31.2 Å². The highest BCUT2D eigenvalue weighted by Gasteiger charge is 2.12. The van der Waals surface area contributed by atoms with Gasteiger partial charge in [0.2, 0.25) is 0 Å². The van der Waals surface area contributed by atoms with Crippen LogP contribution in [0.5, 0.6) is 5.75 Å². The minimum Gasteiger partial charge on any atom is -0.482 e. The smallest absolute Gasteiger partial charge is 0.344 e. The van der Waals surface area contributed by atoms with Crippen molar-refractivity contribution in [3.8, 4) is 5.75 Å². The Morgan fingerprint density at radius 2 is 1.59 bits per heavy atom. The molecule has 1 N–H and O–H groups in total. The minimum absolute atomic E-state index is 0.0394. The molecule has 0 aliphatic carbocycles. The summed E-state index contributed by atoms with van der Waals surface area (Å²) in [6, 6.07) is 14.4. The van der Waals surface area contributed by atoms with Gasteiger partial charge in [0.25, 0.3) is 5.91 Å². The Kier molecular flexibility index (Phi) is 8.40. The summed E-state index contributed by atoms with van der Waals surface area (Å²) in [5.41, 5.74) is 2.81. The van der Waals surface area contributed by atoms with Crippen molar-refractivity contribution >= 4 is 17.7 Å². The predicted molar refractivity (Wildman–Crippen MR) is 110 cm³/mol. The number of nitrogens with one attached hydrogen (secondary N) is 1. The summed E-state index contributed by atoms with van der Waals surface area (Å²) in [6.45, 7) is 5.06. The molecule has 0 saturated carbocycles. The van der Waals surface area contributed by atoms with E-state index in [2.05, 4.69) is 12.2 Å². The molecule has 154 valence electrons. The molecule has 2 aromatic carbocycles. The van der Waals surface area contributed by atoms with Crippen LogP contribution in [0.2, 0.25) is 0 Å². The maximum absolute atomic E-state index is 12.0. The second-order valence-corrected chi connectivity index (χ2v) is 6.63. The zero-order valence-electron chi connectivity index (χ0n) is 17.1. The van der Waals surface area contributed by atoms with E-state index in [9.17, 15) is 14.4 Å². The number of ketones is 1. The molecule has 0 aromatic heterocycles. The number of carbonyl (C=O) groups is 3. The number of amides is 1. The topological polar surface area (TPSA) is 81.7 Å². The molecule has 0 radical (unpaired) electrons. The average molecular weight is 397 g/mol. The Bertz CT molecular complexity index is 827. The van der Waals surface area contributed by atoms with E-state index >= 15 is 0 Å². The number of carbonyl (C=O) groups excluding carboxylic acids is 3. The van der Waals surface area contributed by atoms with Crippen LogP contribution in [-0.4, -0.2) is 30.9 Å². The number of hydrogen-bond acceptors (Lipinski definition) is 5. The first-order valence-electron chi connectivity index (χ1n) is 9.72. The molecule has 6 heteroatoms. The Morgan fingerprint density at radius 1 is 0.931 bits per heavy atom. The lowest BCUT2D eigenvalue weighted by atomic mass is 10.1. The number of benzene rings is 2. The van der Waals surface area contributed by atoms with Crippen LogP contribution >= 0.6 is 0 Å². The highest BCUT2D eigenvalue weighted by Crippen LogP contribution is 2.14. The van der Waals surface area contributed by atoms with Crippen LogP contribution in [0.25, 0.3) is 0 Å². The summed E-state index contributed by atoms with van der Waals surface area (Å²) in [5, 5.41) is 2.80. The van der Waals surface area contributed by atoms with Crippen LogP contribution in [0.15, 0.2) is 48.5 Å². The predicted octanol–water partition coefficient (Wildman–Crippen LogP) is 3.64. The summed E-state index contributed by atoms with van der Waals surface area (Å²) in [5.74, 6) is -0.539. The lowest BCUT2D eigenvalue weighted by Crippen LogP contribution is -2.31. The van der Waals surface area contributed by atoms with Gasteiger partial charge in [0.15, 0.2) is 19.0 Å². The van der Waals surface area contributed by atoms with E-state index < -0.39 is 5.97 Å². The van der Waals surface area contributed by atoms with Gasteiger partial charge in [0, 0.05) is 12.0 Å². The number of aryl methyl sites for hydroxylation is 1. The molecular weight excluding hydrogens is 370 g/mol. The second-order valence-electron chi connectivity index (χ2n) is 6.63. The molecule has 0 bridgehead atoms. The first-order chi connectivity index (χ1) is 13.9. The molecule has 0 saturated heterocycles. The lowest BCUT2D eigenvalue weighted by Gasteiger charge is -2.15. The lowest BCUT2D eigenvalue weighted by molar-refractivity contribution is -0.150. The van der Waals surface area contributed by atoms with E-state index in [1.165, 1.54) is 5.56 Å². The molecule has 29 heavy (non-hydrogen) atoms. The Balaban J connectivity index is 1.72. The van der Waals surface area contributed by atoms with Crippen LogP contribution < -0.4 is 10.1 Å². The Morgan fingerprint density at radius 3 is 2.17 bits per heavy atom. The monoisotopic (exact) mass is 397 g/mol. The van der Waals surface area contributed by atoms with Gasteiger partial charge in [-0.1, -0.05) is 38.1 Å². The van der Waals surface area contributed by atoms with E-state index in [-0.39, 0.29) is 30.9 Å². The van der Waals surface area contributed by atoms with E-state index in [0.717, 1.165) is 12.0 Å². The molecule has 1 atom stereocenters. The molecule has 0 heterocycles. The highest BCUT2D eigenvalue weighted by atomic mass is 16.6. The Hall–Kier alpha value is -3.15. The van der Waals surface area contributed by atoms with Crippen molar-refractivity contribution < 1.29 is 23.9 Å². The molecule has 6 nitrogen and oxygen atoms in total. The zero-order valence-corrected chi connectivity index (χ0v) is 17.1. The van der Waals surface area contributed by atoms with Gasteiger partial charge in [-0.15, -0.1) is 0 Å². The molecule has 2 aromatic rings. The van der Waals surface area contributed by atoms with Crippen molar-refractivity contribution in [2.75, 3.05) is 13.2 Å². The average Bonchev–Trinajstić information content (AvgIpc) is 2.76. The fraction of sp³-hybridized carbons (Fsp3) is 0.348. The Labute approximate surface area is 171 Å². The van der Waals surface area contributed by atoms with Gasteiger partial charge >= 0.3 is 5.97 Å². The van der Waals surface area contributed by atoms with Crippen molar-refractivity contribution in [1.29, 1.82) is 0 Å². The number of hydrogen-bond donors (Lipinski definition) is 1. The minimum atomic E-state index is -0.645. The molecule has 0 unspecified atom stereocenters. The second kappa shape index (κ2) is 11.0. The van der Waals surface area contributed by atoms with Gasteiger partial charge in [-0.3, -0.25) is 9.59 Å². The largest absolute Gasteiger partial charge is 0.482 e. The van der Waals surface area contributed by atoms with Crippen LogP contribution in [-0.2, 0) is 20.7 Å². The molecule has 2 rings (SSSR count). The first-order valence-corrected chi connectivity index (χ1v) is 9.72. The third-order valence-corrected chi connectivity index (χ3v) is 4.48. The third-order valence-electron chi connectivity index (χ3n) is 4.48. The van der Waals surface area contributed by atoms with Crippen LogP contribution in [0.4, 0.5) is 0 Å². The summed E-state index contributed by atoms with van der Waals surface area (Å²) in [6.07, 6.45) is 1.39. The van der Waals surface area contributed by atoms with Crippen molar-refractivity contribution in [2.24, 2.45) is 0 Å². The van der Waals surface area contributed by atoms with Gasteiger partial charge in [-0.25, -0.2) is 4.79 Å². The van der Waals surface area contributed by atoms with E-state index in [0.29, 0.717) is 17.7 Å². The van der Waals surface area contributed by atoms with Crippen molar-refractivity contribution in [1.82, 2.24) is 5.32 Å². The quantitative estimate of drug-likeness (QED) is 0.489. The number of rotatable bonds is 10. The molecule has 0 aliphatic rings. The van der Waals surface area contributed by atoms with Crippen LogP contribution in [0.3, 0.4) is 0 Å². The van der Waals surface area contributed by atoms with Crippen molar-refractivity contribution in [3.05, 3.63) is 65.2 Å². The molecule has 0 spiro atoms. The highest BCUT2D eigenvalue weighted by molar-refractivity contribution is 5.95. The van der Waals surface area contributed by atoms with Gasteiger partial charge in [0.05, 0.1) is 6.04 Å². The third kappa shape index (κ3) is 7.07. The maximum atomic E-state index is 12.0. The van der Waals surface area contributed by atoms with Crippen LogP contribution in [0, 0.1) is 0 Å². The summed E-state index contributed by atoms with van der Waals surface area (Å²) in [7, 11) is 0. The summed E-state index contributed by atoms with van der Waals surface area (Å²) >= 11 is 0. The molecule has 0 fully saturated rings. The van der Waals surface area contributed by atoms with Gasteiger partial charge < -0.3 is 14.8 Å². The van der Waals surface area contributed by atoms with Crippen molar-refractivity contribution in [3.63, 3.8) is 0 Å². The fourth-order valence-electron chi connectivity index (χ4n) is 2.68. The maximum Gasteiger partial charge on any atom is 0.344 e. The summed E-state index contributed by atoms with van der Waals surface area (Å²) in [4.78, 5) is 35.4. The number of ether oxygens (including phenoxy) is 2. The molecular formula is C23H27NO5. The van der Waals surface area contributed by atoms with Gasteiger partial charge in [-0.05, 0) is 48.7 Å². The summed E-state index contributed by atoms with van der Waals surface area (Å²) < 4.78 is 10.3. The number of esters is 1. The van der Waals surface area contributed by atoms with E-state index in [4.69, 9.17) is 9.47 Å². The zero-order chi connectivity index (χ0) is 21.2. The SMILES string of the molecule is CCC(=O)c1ccc(OCC(=O)OCC(=O)N[C@@H](C)c2ccc(CC)cc2)cc1.